The summed E-state index contributed by atoms with van der Waals surface area (Å²) in [6.45, 7) is 2.39. The molecule has 0 saturated carbocycles. The number of carboxylic acids is 1. The summed E-state index contributed by atoms with van der Waals surface area (Å²) in [5.74, 6) is 1.44. The minimum atomic E-state index is -0.777. The van der Waals surface area contributed by atoms with E-state index >= 15 is 0 Å². The number of carboxylic acid groups (broad SMARTS) is 1. The molecular formula is C25H24ClNO4. The van der Waals surface area contributed by atoms with Gasteiger partial charge in [-0.2, -0.15) is 0 Å². The van der Waals surface area contributed by atoms with Gasteiger partial charge in [0, 0.05) is 29.0 Å². The maximum atomic E-state index is 11.0. The van der Waals surface area contributed by atoms with Gasteiger partial charge in [-0.15, -0.1) is 0 Å². The molecule has 0 spiro atoms. The lowest BCUT2D eigenvalue weighted by atomic mass is 9.88. The molecule has 0 radical (unpaired) electrons. The number of benzene rings is 2. The van der Waals surface area contributed by atoms with Crippen molar-refractivity contribution >= 4 is 23.1 Å². The van der Waals surface area contributed by atoms with Gasteiger partial charge in [-0.1, -0.05) is 29.8 Å². The maximum absolute atomic E-state index is 11.0. The van der Waals surface area contributed by atoms with E-state index < -0.39 is 5.97 Å². The Balaban J connectivity index is 1.43. The van der Waals surface area contributed by atoms with E-state index in [1.807, 2.05) is 43.3 Å². The van der Waals surface area contributed by atoms with Crippen LogP contribution in [0.1, 0.15) is 41.8 Å². The molecule has 0 saturated heterocycles. The first-order valence-corrected chi connectivity index (χ1v) is 10.8. The third kappa shape index (κ3) is 5.00. The van der Waals surface area contributed by atoms with Crippen LogP contribution in [0.5, 0.6) is 5.75 Å². The molecule has 2 aromatic carbocycles. The SMILES string of the molecule is Cc1oc(-c2ccc(Cl)cc2)nc1CCOc1cccc2c1CCC=C2CCC(=O)O. The Bertz CT molecular complexity index is 1120. The minimum absolute atomic E-state index is 0.137. The van der Waals surface area contributed by atoms with Gasteiger partial charge in [0.15, 0.2) is 0 Å². The van der Waals surface area contributed by atoms with Gasteiger partial charge in [0.2, 0.25) is 5.89 Å². The number of ether oxygens (including phenoxy) is 1. The maximum Gasteiger partial charge on any atom is 0.303 e. The normalized spacial score (nSPS) is 12.9. The van der Waals surface area contributed by atoms with Crippen molar-refractivity contribution < 1.29 is 19.1 Å². The second-order valence-electron chi connectivity index (χ2n) is 7.57. The standard InChI is InChI=1S/C25H24ClNO4/c1-16-22(27-25(31-16)18-8-11-19(26)12-9-18)14-15-30-23-7-3-5-20-17(10-13-24(28)29)4-2-6-21(20)23/h3-5,7-9,11-12H,2,6,10,13-15H2,1H3,(H,28,29). The highest BCUT2D eigenvalue weighted by atomic mass is 35.5. The smallest absolute Gasteiger partial charge is 0.303 e. The Kier molecular flexibility index (Phi) is 6.42. The third-order valence-corrected chi connectivity index (χ3v) is 5.70. The van der Waals surface area contributed by atoms with Gasteiger partial charge < -0.3 is 14.3 Å². The van der Waals surface area contributed by atoms with E-state index in [2.05, 4.69) is 17.1 Å². The number of oxazole rings is 1. The first kappa shape index (κ1) is 21.2. The number of aryl methyl sites for hydroxylation is 1. The molecule has 31 heavy (non-hydrogen) atoms. The number of aliphatic carboxylic acids is 1. The molecule has 160 valence electrons. The molecule has 6 heteroatoms. The zero-order chi connectivity index (χ0) is 21.8. The fraction of sp³-hybridized carbons (Fsp3) is 0.280. The second-order valence-corrected chi connectivity index (χ2v) is 8.01. The van der Waals surface area contributed by atoms with E-state index in [0.29, 0.717) is 30.4 Å². The Hall–Kier alpha value is -3.05. The number of aromatic nitrogens is 1. The number of hydrogen-bond donors (Lipinski definition) is 1. The van der Waals surface area contributed by atoms with Gasteiger partial charge in [0.1, 0.15) is 11.5 Å². The van der Waals surface area contributed by atoms with Crippen molar-refractivity contribution in [3.63, 3.8) is 0 Å². The molecule has 3 aromatic rings. The molecule has 1 aliphatic carbocycles. The molecule has 0 atom stereocenters. The predicted molar refractivity (Wildman–Crippen MR) is 120 cm³/mol. The molecule has 0 aliphatic heterocycles. The Morgan fingerprint density at radius 1 is 1.19 bits per heavy atom. The summed E-state index contributed by atoms with van der Waals surface area (Å²) in [5, 5.41) is 9.68. The first-order valence-electron chi connectivity index (χ1n) is 10.4. The number of rotatable bonds is 8. The summed E-state index contributed by atoms with van der Waals surface area (Å²) in [5.41, 5.74) is 5.11. The quantitative estimate of drug-likeness (QED) is 0.459. The van der Waals surface area contributed by atoms with E-state index in [1.165, 1.54) is 0 Å². The van der Waals surface area contributed by atoms with Crippen molar-refractivity contribution in [1.82, 2.24) is 4.98 Å². The summed E-state index contributed by atoms with van der Waals surface area (Å²) in [4.78, 5) is 15.6. The van der Waals surface area contributed by atoms with Gasteiger partial charge >= 0.3 is 5.97 Å². The van der Waals surface area contributed by atoms with E-state index in [-0.39, 0.29) is 6.42 Å². The predicted octanol–water partition coefficient (Wildman–Crippen LogP) is 6.12. The van der Waals surface area contributed by atoms with Crippen molar-refractivity contribution in [1.29, 1.82) is 0 Å². The molecule has 0 amide bonds. The van der Waals surface area contributed by atoms with Gasteiger partial charge in [-0.3, -0.25) is 4.79 Å². The third-order valence-electron chi connectivity index (χ3n) is 5.45. The van der Waals surface area contributed by atoms with Crippen LogP contribution in [0.2, 0.25) is 5.02 Å². The zero-order valence-corrected chi connectivity index (χ0v) is 18.1. The van der Waals surface area contributed by atoms with Gasteiger partial charge in [-0.25, -0.2) is 4.98 Å². The van der Waals surface area contributed by atoms with Crippen LogP contribution in [-0.4, -0.2) is 22.7 Å². The van der Waals surface area contributed by atoms with Crippen molar-refractivity contribution in [2.45, 2.75) is 39.0 Å². The molecule has 1 aromatic heterocycles. The monoisotopic (exact) mass is 437 g/mol. The number of allylic oxidation sites excluding steroid dienone is 2. The summed E-state index contributed by atoms with van der Waals surface area (Å²) in [6.07, 6.45) is 5.25. The fourth-order valence-electron chi connectivity index (χ4n) is 3.87. The summed E-state index contributed by atoms with van der Waals surface area (Å²) < 4.78 is 12.0. The number of hydrogen-bond acceptors (Lipinski definition) is 4. The highest BCUT2D eigenvalue weighted by Gasteiger charge is 2.18. The first-order chi connectivity index (χ1) is 15.0. The van der Waals surface area contributed by atoms with Crippen LogP contribution in [0, 0.1) is 6.92 Å². The zero-order valence-electron chi connectivity index (χ0n) is 17.4. The number of carbonyl (C=O) groups is 1. The number of halogens is 1. The molecule has 4 rings (SSSR count). The molecule has 1 heterocycles. The number of nitrogens with zero attached hydrogens (tertiary/aromatic N) is 1. The van der Waals surface area contributed by atoms with Gasteiger partial charge in [0.05, 0.1) is 12.3 Å². The Labute approximate surface area is 186 Å². The summed E-state index contributed by atoms with van der Waals surface area (Å²) >= 11 is 5.96. The fourth-order valence-corrected chi connectivity index (χ4v) is 4.00. The van der Waals surface area contributed by atoms with Crippen LogP contribution in [0.25, 0.3) is 17.0 Å². The van der Waals surface area contributed by atoms with Crippen molar-refractivity contribution in [3.8, 4) is 17.2 Å². The minimum Gasteiger partial charge on any atom is -0.493 e. The average Bonchev–Trinajstić information content (AvgIpc) is 3.13. The molecular weight excluding hydrogens is 414 g/mol. The van der Waals surface area contributed by atoms with E-state index in [4.69, 9.17) is 25.9 Å². The van der Waals surface area contributed by atoms with Crippen LogP contribution in [0.3, 0.4) is 0 Å². The van der Waals surface area contributed by atoms with Crippen LogP contribution >= 0.6 is 11.6 Å². The van der Waals surface area contributed by atoms with Crippen molar-refractivity contribution in [2.75, 3.05) is 6.61 Å². The van der Waals surface area contributed by atoms with E-state index in [1.54, 1.807) is 0 Å². The van der Waals surface area contributed by atoms with E-state index in [9.17, 15) is 4.79 Å². The van der Waals surface area contributed by atoms with Crippen LogP contribution in [-0.2, 0) is 17.6 Å². The van der Waals surface area contributed by atoms with Gasteiger partial charge in [0.25, 0.3) is 0 Å². The van der Waals surface area contributed by atoms with Crippen molar-refractivity contribution in [3.05, 3.63) is 76.1 Å². The van der Waals surface area contributed by atoms with E-state index in [0.717, 1.165) is 52.3 Å². The second kappa shape index (κ2) is 9.40. The largest absolute Gasteiger partial charge is 0.493 e. The molecule has 0 unspecified atom stereocenters. The lowest BCUT2D eigenvalue weighted by Gasteiger charge is -2.20. The van der Waals surface area contributed by atoms with Gasteiger partial charge in [-0.05, 0) is 67.7 Å². The highest BCUT2D eigenvalue weighted by Crippen LogP contribution is 2.35. The topological polar surface area (TPSA) is 72.6 Å². The Morgan fingerprint density at radius 3 is 2.77 bits per heavy atom. The molecule has 0 bridgehead atoms. The average molecular weight is 438 g/mol. The lowest BCUT2D eigenvalue weighted by Crippen LogP contribution is -2.08. The molecule has 0 fully saturated rings. The summed E-state index contributed by atoms with van der Waals surface area (Å²) in [7, 11) is 0. The van der Waals surface area contributed by atoms with Crippen LogP contribution < -0.4 is 4.74 Å². The highest BCUT2D eigenvalue weighted by molar-refractivity contribution is 6.30. The summed E-state index contributed by atoms with van der Waals surface area (Å²) in [6, 6.07) is 13.4. The van der Waals surface area contributed by atoms with Crippen LogP contribution in [0.4, 0.5) is 0 Å². The Morgan fingerprint density at radius 2 is 2.00 bits per heavy atom. The van der Waals surface area contributed by atoms with Crippen LogP contribution in [0.15, 0.2) is 53.0 Å². The lowest BCUT2D eigenvalue weighted by molar-refractivity contribution is -0.136. The molecule has 1 N–H and O–H groups in total. The number of fused-ring (bicyclic) bond motifs is 1. The molecule has 1 aliphatic rings. The van der Waals surface area contributed by atoms with Crippen molar-refractivity contribution in [2.24, 2.45) is 0 Å². The molecule has 5 nitrogen and oxygen atoms in total.